The van der Waals surface area contributed by atoms with Gasteiger partial charge in [-0.05, 0) is 46.6 Å². The topological polar surface area (TPSA) is 62.5 Å². The van der Waals surface area contributed by atoms with Crippen molar-refractivity contribution >= 4 is 27.6 Å². The van der Waals surface area contributed by atoms with Crippen LogP contribution in [0.25, 0.3) is 0 Å². The second kappa shape index (κ2) is 5.44. The van der Waals surface area contributed by atoms with Crippen molar-refractivity contribution in [2.75, 3.05) is 5.32 Å². The number of hydrogen-bond donors (Lipinski definition) is 2. The molecule has 1 aromatic heterocycles. The molecule has 2 N–H and O–H groups in total. The smallest absolute Gasteiger partial charge is 0.338 e. The largest absolute Gasteiger partial charge is 0.478 e. The zero-order valence-corrected chi connectivity index (χ0v) is 11.6. The molecular weight excluding hydrogens is 317 g/mol. The molecule has 4 nitrogen and oxygen atoms in total. The first kappa shape index (κ1) is 13.6. The van der Waals surface area contributed by atoms with Gasteiger partial charge in [-0.1, -0.05) is 0 Å². The third kappa shape index (κ3) is 3.14. The van der Waals surface area contributed by atoms with Gasteiger partial charge < -0.3 is 14.8 Å². The van der Waals surface area contributed by atoms with E-state index in [4.69, 9.17) is 9.52 Å². The summed E-state index contributed by atoms with van der Waals surface area (Å²) in [4.78, 5) is 10.7. The molecule has 0 bridgehead atoms. The van der Waals surface area contributed by atoms with Crippen LogP contribution in [0.5, 0.6) is 0 Å². The molecule has 2 rings (SSSR count). The molecule has 1 aromatic carbocycles. The Labute approximate surface area is 117 Å². The molecule has 19 heavy (non-hydrogen) atoms. The number of anilines is 1. The van der Waals surface area contributed by atoms with Crippen LogP contribution in [0, 0.1) is 12.7 Å². The second-order valence-corrected chi connectivity index (χ2v) is 4.90. The minimum Gasteiger partial charge on any atom is -0.478 e. The highest BCUT2D eigenvalue weighted by molar-refractivity contribution is 9.10. The number of aromatic carboxylic acids is 1. The van der Waals surface area contributed by atoms with Gasteiger partial charge in [0.1, 0.15) is 17.8 Å². The van der Waals surface area contributed by atoms with E-state index in [0.717, 1.165) is 5.56 Å². The summed E-state index contributed by atoms with van der Waals surface area (Å²) in [6, 6.07) is 4.48. The predicted molar refractivity (Wildman–Crippen MR) is 71.8 cm³/mol. The summed E-state index contributed by atoms with van der Waals surface area (Å²) in [6.07, 6.45) is 1.17. The SMILES string of the molecule is Cc1cc(Br)c(F)cc1NCc1cc(C(=O)O)co1. The summed E-state index contributed by atoms with van der Waals surface area (Å²) in [5.41, 5.74) is 1.60. The highest BCUT2D eigenvalue weighted by Crippen LogP contribution is 2.24. The molecule has 0 unspecified atom stereocenters. The van der Waals surface area contributed by atoms with Crippen molar-refractivity contribution in [1.29, 1.82) is 0 Å². The van der Waals surface area contributed by atoms with E-state index in [1.807, 2.05) is 6.92 Å². The lowest BCUT2D eigenvalue weighted by Gasteiger charge is -2.09. The summed E-state index contributed by atoms with van der Waals surface area (Å²) in [5.74, 6) is -0.931. The standard InChI is InChI=1S/C13H11BrFNO3/c1-7-2-10(14)11(15)4-12(7)16-5-9-3-8(6-19-9)13(17)18/h2-4,6,16H,5H2,1H3,(H,17,18). The molecule has 100 valence electrons. The van der Waals surface area contributed by atoms with Crippen LogP contribution in [0.2, 0.25) is 0 Å². The van der Waals surface area contributed by atoms with Gasteiger partial charge in [-0.3, -0.25) is 0 Å². The fraction of sp³-hybridized carbons (Fsp3) is 0.154. The first-order valence-corrected chi connectivity index (χ1v) is 6.27. The zero-order valence-electron chi connectivity index (χ0n) is 10.0. The number of nitrogens with one attached hydrogen (secondary N) is 1. The van der Waals surface area contributed by atoms with Gasteiger partial charge in [0.15, 0.2) is 0 Å². The van der Waals surface area contributed by atoms with Crippen LogP contribution in [0.15, 0.2) is 33.4 Å². The van der Waals surface area contributed by atoms with Gasteiger partial charge in [0.25, 0.3) is 0 Å². The fourth-order valence-electron chi connectivity index (χ4n) is 1.60. The summed E-state index contributed by atoms with van der Waals surface area (Å²) < 4.78 is 18.9. The molecule has 0 aliphatic rings. The van der Waals surface area contributed by atoms with E-state index < -0.39 is 5.97 Å². The number of halogens is 2. The number of furan rings is 1. The van der Waals surface area contributed by atoms with Crippen LogP contribution in [0.1, 0.15) is 21.7 Å². The summed E-state index contributed by atoms with van der Waals surface area (Å²) >= 11 is 3.11. The van der Waals surface area contributed by atoms with E-state index in [0.29, 0.717) is 15.9 Å². The molecule has 0 aliphatic carbocycles. The molecule has 6 heteroatoms. The normalized spacial score (nSPS) is 10.5. The number of carboxylic acid groups (broad SMARTS) is 1. The van der Waals surface area contributed by atoms with Crippen molar-refractivity contribution in [3.8, 4) is 0 Å². The van der Waals surface area contributed by atoms with Gasteiger partial charge >= 0.3 is 5.97 Å². The molecule has 0 saturated carbocycles. The Kier molecular flexibility index (Phi) is 3.90. The molecule has 0 radical (unpaired) electrons. The van der Waals surface area contributed by atoms with Crippen molar-refractivity contribution in [2.45, 2.75) is 13.5 Å². The molecule has 0 aliphatic heterocycles. The third-order valence-electron chi connectivity index (χ3n) is 2.62. The second-order valence-electron chi connectivity index (χ2n) is 4.04. The van der Waals surface area contributed by atoms with Gasteiger partial charge in [0.2, 0.25) is 0 Å². The number of hydrogen-bond acceptors (Lipinski definition) is 3. The fourth-order valence-corrected chi connectivity index (χ4v) is 2.06. The minimum absolute atomic E-state index is 0.0931. The third-order valence-corrected chi connectivity index (χ3v) is 3.23. The Bertz CT molecular complexity index is 624. The van der Waals surface area contributed by atoms with Gasteiger partial charge in [-0.15, -0.1) is 0 Å². The van der Waals surface area contributed by atoms with E-state index in [1.165, 1.54) is 18.4 Å². The van der Waals surface area contributed by atoms with Crippen molar-refractivity contribution in [3.05, 3.63) is 51.6 Å². The number of rotatable bonds is 4. The summed E-state index contributed by atoms with van der Waals surface area (Å²) in [6.45, 7) is 2.13. The average molecular weight is 328 g/mol. The monoisotopic (exact) mass is 327 g/mol. The van der Waals surface area contributed by atoms with Crippen LogP contribution >= 0.6 is 15.9 Å². The maximum atomic E-state index is 13.4. The molecule has 1 heterocycles. The van der Waals surface area contributed by atoms with E-state index >= 15 is 0 Å². The van der Waals surface area contributed by atoms with Crippen LogP contribution in [0.3, 0.4) is 0 Å². The number of carboxylic acids is 1. The van der Waals surface area contributed by atoms with Gasteiger partial charge in [0, 0.05) is 5.69 Å². The predicted octanol–water partition coefficient (Wildman–Crippen LogP) is 3.80. The highest BCUT2D eigenvalue weighted by atomic mass is 79.9. The number of aryl methyl sites for hydroxylation is 1. The van der Waals surface area contributed by atoms with Crippen LogP contribution in [0.4, 0.5) is 10.1 Å². The lowest BCUT2D eigenvalue weighted by molar-refractivity contribution is 0.0696. The van der Waals surface area contributed by atoms with Crippen molar-refractivity contribution < 1.29 is 18.7 Å². The minimum atomic E-state index is -1.04. The van der Waals surface area contributed by atoms with E-state index in [1.54, 1.807) is 6.07 Å². The van der Waals surface area contributed by atoms with Crippen LogP contribution in [-0.4, -0.2) is 11.1 Å². The van der Waals surface area contributed by atoms with Gasteiger partial charge in [0.05, 0.1) is 16.6 Å². The van der Waals surface area contributed by atoms with Crippen LogP contribution < -0.4 is 5.32 Å². The summed E-state index contributed by atoms with van der Waals surface area (Å²) in [5, 5.41) is 11.8. The van der Waals surface area contributed by atoms with E-state index in [9.17, 15) is 9.18 Å². The Balaban J connectivity index is 2.09. The Morgan fingerprint density at radius 3 is 2.84 bits per heavy atom. The quantitative estimate of drug-likeness (QED) is 0.896. The summed E-state index contributed by atoms with van der Waals surface area (Å²) in [7, 11) is 0. The van der Waals surface area contributed by atoms with E-state index in [2.05, 4.69) is 21.2 Å². The number of benzene rings is 1. The molecule has 0 atom stereocenters. The van der Waals surface area contributed by atoms with Crippen molar-refractivity contribution in [1.82, 2.24) is 0 Å². The highest BCUT2D eigenvalue weighted by Gasteiger charge is 2.09. The van der Waals surface area contributed by atoms with Gasteiger partial charge in [-0.25, -0.2) is 9.18 Å². The first-order chi connectivity index (χ1) is 8.97. The van der Waals surface area contributed by atoms with Gasteiger partial charge in [-0.2, -0.15) is 0 Å². The van der Waals surface area contributed by atoms with Crippen molar-refractivity contribution in [3.63, 3.8) is 0 Å². The Morgan fingerprint density at radius 2 is 2.21 bits per heavy atom. The molecule has 0 fully saturated rings. The number of carbonyl (C=O) groups is 1. The molecular formula is C13H11BrFNO3. The van der Waals surface area contributed by atoms with Crippen molar-refractivity contribution in [2.24, 2.45) is 0 Å². The molecule has 0 saturated heterocycles. The lowest BCUT2D eigenvalue weighted by atomic mass is 10.2. The molecule has 0 spiro atoms. The lowest BCUT2D eigenvalue weighted by Crippen LogP contribution is -2.01. The van der Waals surface area contributed by atoms with Crippen LogP contribution in [-0.2, 0) is 6.54 Å². The first-order valence-electron chi connectivity index (χ1n) is 5.47. The molecule has 0 amide bonds. The maximum Gasteiger partial charge on any atom is 0.338 e. The Hall–Kier alpha value is -1.82. The Morgan fingerprint density at radius 1 is 1.47 bits per heavy atom. The zero-order chi connectivity index (χ0) is 14.0. The maximum absolute atomic E-state index is 13.4. The van der Waals surface area contributed by atoms with E-state index in [-0.39, 0.29) is 17.9 Å². The average Bonchev–Trinajstić information content (AvgIpc) is 2.81. The molecule has 2 aromatic rings.